The van der Waals surface area contributed by atoms with Gasteiger partial charge in [0.25, 0.3) is 0 Å². The number of benzene rings is 2. The summed E-state index contributed by atoms with van der Waals surface area (Å²) in [5.74, 6) is 0.0587. The van der Waals surface area contributed by atoms with Crippen molar-refractivity contribution in [2.75, 3.05) is 5.75 Å². The number of hydrogen-bond donors (Lipinski definition) is 0. The van der Waals surface area contributed by atoms with Gasteiger partial charge in [-0.3, -0.25) is 0 Å². The van der Waals surface area contributed by atoms with Crippen LogP contribution in [0.1, 0.15) is 43.4 Å². The molecule has 0 bridgehead atoms. The van der Waals surface area contributed by atoms with Crippen molar-refractivity contribution in [3.63, 3.8) is 0 Å². The monoisotopic (exact) mass is 340 g/mol. The summed E-state index contributed by atoms with van der Waals surface area (Å²) < 4.78 is 25.6. The highest BCUT2D eigenvalue weighted by atomic mass is 32.2. The Labute approximate surface area is 145 Å². The van der Waals surface area contributed by atoms with Crippen LogP contribution in [-0.2, 0) is 15.3 Å². The van der Waals surface area contributed by atoms with Crippen molar-refractivity contribution in [3.05, 3.63) is 71.3 Å². The van der Waals surface area contributed by atoms with E-state index >= 15 is 0 Å². The van der Waals surface area contributed by atoms with Crippen LogP contribution in [-0.4, -0.2) is 14.2 Å². The summed E-state index contributed by atoms with van der Waals surface area (Å²) in [7, 11) is -3.33. The number of hydrogen-bond acceptors (Lipinski definition) is 2. The number of sulfone groups is 1. The molecular formula is C21H24O2S. The summed E-state index contributed by atoms with van der Waals surface area (Å²) in [6.07, 6.45) is 4.04. The molecule has 0 fully saturated rings. The molecule has 0 aromatic heterocycles. The predicted octanol–water partition coefficient (Wildman–Crippen LogP) is 4.92. The summed E-state index contributed by atoms with van der Waals surface area (Å²) in [5, 5.41) is 0. The fourth-order valence-corrected chi connectivity index (χ4v) is 4.82. The molecule has 3 rings (SSSR count). The van der Waals surface area contributed by atoms with Gasteiger partial charge in [0.1, 0.15) is 0 Å². The quantitative estimate of drug-likeness (QED) is 0.794. The molecule has 0 aliphatic heterocycles. The van der Waals surface area contributed by atoms with Gasteiger partial charge in [-0.2, -0.15) is 0 Å². The minimum Gasteiger partial charge on any atom is -0.223 e. The minimum absolute atomic E-state index is 0.0517. The van der Waals surface area contributed by atoms with Crippen LogP contribution in [0.3, 0.4) is 0 Å². The molecule has 0 saturated heterocycles. The number of fused-ring (bicyclic) bond motifs is 1. The maximum absolute atomic E-state index is 12.8. The van der Waals surface area contributed by atoms with Crippen LogP contribution in [0, 0.1) is 6.92 Å². The van der Waals surface area contributed by atoms with Gasteiger partial charge < -0.3 is 0 Å². The normalized spacial score (nSPS) is 16.9. The molecule has 0 saturated carbocycles. The molecule has 2 aromatic rings. The zero-order chi connectivity index (χ0) is 17.4. The van der Waals surface area contributed by atoms with E-state index in [1.807, 2.05) is 6.07 Å². The molecular weight excluding hydrogens is 316 g/mol. The Morgan fingerprint density at radius 3 is 2.46 bits per heavy atom. The van der Waals surface area contributed by atoms with E-state index in [0.29, 0.717) is 4.90 Å². The van der Waals surface area contributed by atoms with Crippen molar-refractivity contribution in [1.82, 2.24) is 0 Å². The van der Waals surface area contributed by atoms with Gasteiger partial charge in [-0.1, -0.05) is 61.9 Å². The molecule has 0 amide bonds. The van der Waals surface area contributed by atoms with E-state index < -0.39 is 9.84 Å². The van der Waals surface area contributed by atoms with Crippen LogP contribution in [0.4, 0.5) is 0 Å². The van der Waals surface area contributed by atoms with Crippen molar-refractivity contribution < 1.29 is 8.42 Å². The molecule has 1 aliphatic carbocycles. The maximum Gasteiger partial charge on any atom is 0.182 e. The molecule has 3 heteroatoms. The van der Waals surface area contributed by atoms with Gasteiger partial charge in [0.2, 0.25) is 0 Å². The van der Waals surface area contributed by atoms with E-state index in [0.717, 1.165) is 24.0 Å². The largest absolute Gasteiger partial charge is 0.223 e. The molecule has 2 nitrogen and oxygen atoms in total. The summed E-state index contributed by atoms with van der Waals surface area (Å²) in [4.78, 5) is 0.392. The van der Waals surface area contributed by atoms with Crippen LogP contribution >= 0.6 is 0 Å². The Kier molecular flexibility index (Phi) is 4.39. The van der Waals surface area contributed by atoms with Crippen LogP contribution in [0.15, 0.2) is 59.5 Å². The Hall–Kier alpha value is -1.87. The highest BCUT2D eigenvalue weighted by Crippen LogP contribution is 2.39. The van der Waals surface area contributed by atoms with Crippen LogP contribution in [0.5, 0.6) is 0 Å². The van der Waals surface area contributed by atoms with Gasteiger partial charge in [0.15, 0.2) is 9.84 Å². The third-order valence-electron chi connectivity index (χ3n) is 4.86. The minimum atomic E-state index is -3.33. The summed E-state index contributed by atoms with van der Waals surface area (Å²) in [6, 6.07) is 15.1. The van der Waals surface area contributed by atoms with Crippen LogP contribution in [0.25, 0.3) is 5.57 Å². The maximum atomic E-state index is 12.8. The third kappa shape index (κ3) is 3.32. The second-order valence-corrected chi connectivity index (χ2v) is 9.26. The van der Waals surface area contributed by atoms with Gasteiger partial charge in [-0.25, -0.2) is 8.42 Å². The molecule has 0 N–H and O–H groups in total. The second kappa shape index (κ2) is 6.21. The van der Waals surface area contributed by atoms with E-state index in [9.17, 15) is 8.42 Å². The number of rotatable bonds is 3. The van der Waals surface area contributed by atoms with Crippen molar-refractivity contribution in [1.29, 1.82) is 0 Å². The lowest BCUT2D eigenvalue weighted by Gasteiger charge is -2.26. The van der Waals surface area contributed by atoms with Crippen molar-refractivity contribution >= 4 is 15.4 Å². The first kappa shape index (κ1) is 17.0. The van der Waals surface area contributed by atoms with Gasteiger partial charge in [-0.05, 0) is 54.0 Å². The van der Waals surface area contributed by atoms with Crippen molar-refractivity contribution in [2.45, 2.75) is 43.9 Å². The molecule has 0 spiro atoms. The molecule has 0 radical (unpaired) electrons. The average molecular weight is 340 g/mol. The van der Waals surface area contributed by atoms with Gasteiger partial charge >= 0.3 is 0 Å². The summed E-state index contributed by atoms with van der Waals surface area (Å²) in [5.41, 5.74) is 4.54. The van der Waals surface area contributed by atoms with Crippen LogP contribution in [0.2, 0.25) is 0 Å². The Morgan fingerprint density at radius 2 is 1.75 bits per heavy atom. The smallest absolute Gasteiger partial charge is 0.182 e. The topological polar surface area (TPSA) is 34.1 Å². The van der Waals surface area contributed by atoms with E-state index in [-0.39, 0.29) is 11.2 Å². The standard InChI is InChI=1S/C21H24O2S/c1-16-11-12-19-17(8-7-13-21(2,3)20(19)14-16)15-24(22,23)18-9-5-4-6-10-18/h4-6,8-12,14H,7,13,15H2,1-3H3. The lowest BCUT2D eigenvalue weighted by Crippen LogP contribution is -2.18. The summed E-state index contributed by atoms with van der Waals surface area (Å²) >= 11 is 0. The second-order valence-electron chi connectivity index (χ2n) is 7.27. The van der Waals surface area contributed by atoms with Crippen molar-refractivity contribution in [2.24, 2.45) is 0 Å². The van der Waals surface area contributed by atoms with E-state index in [1.54, 1.807) is 24.3 Å². The van der Waals surface area contributed by atoms with E-state index in [1.165, 1.54) is 11.1 Å². The fraction of sp³-hybridized carbons (Fsp3) is 0.333. The Bertz CT molecular complexity index is 875. The molecule has 0 unspecified atom stereocenters. The van der Waals surface area contributed by atoms with Gasteiger partial charge in [0, 0.05) is 0 Å². The fourth-order valence-electron chi connectivity index (χ4n) is 3.40. The predicted molar refractivity (Wildman–Crippen MR) is 99.9 cm³/mol. The average Bonchev–Trinajstić information content (AvgIpc) is 2.65. The van der Waals surface area contributed by atoms with Crippen LogP contribution < -0.4 is 0 Å². The van der Waals surface area contributed by atoms with Crippen molar-refractivity contribution in [3.8, 4) is 0 Å². The first-order valence-corrected chi connectivity index (χ1v) is 10.0. The third-order valence-corrected chi connectivity index (χ3v) is 6.54. The molecule has 126 valence electrons. The number of allylic oxidation sites excluding steroid dienone is 1. The van der Waals surface area contributed by atoms with E-state index in [4.69, 9.17) is 0 Å². The highest BCUT2D eigenvalue weighted by Gasteiger charge is 2.28. The molecule has 1 aliphatic rings. The zero-order valence-corrected chi connectivity index (χ0v) is 15.4. The molecule has 24 heavy (non-hydrogen) atoms. The SMILES string of the molecule is Cc1ccc2c(c1)C(C)(C)CCC=C2CS(=O)(=O)c1ccccc1. The van der Waals surface area contributed by atoms with Gasteiger partial charge in [-0.15, -0.1) is 0 Å². The summed E-state index contributed by atoms with van der Waals surface area (Å²) in [6.45, 7) is 6.58. The highest BCUT2D eigenvalue weighted by molar-refractivity contribution is 7.91. The molecule has 2 aromatic carbocycles. The molecule has 0 heterocycles. The first-order valence-electron chi connectivity index (χ1n) is 8.38. The first-order chi connectivity index (χ1) is 11.3. The Balaban J connectivity index is 2.05. The molecule has 0 atom stereocenters. The van der Waals surface area contributed by atoms with E-state index in [2.05, 4.69) is 45.0 Å². The Morgan fingerprint density at radius 1 is 1.04 bits per heavy atom. The number of aryl methyl sites for hydroxylation is 1. The zero-order valence-electron chi connectivity index (χ0n) is 14.5. The lowest BCUT2D eigenvalue weighted by atomic mass is 9.78. The lowest BCUT2D eigenvalue weighted by molar-refractivity contribution is 0.487. The van der Waals surface area contributed by atoms with Gasteiger partial charge in [0.05, 0.1) is 10.6 Å².